The minimum absolute atomic E-state index is 0.151. The summed E-state index contributed by atoms with van der Waals surface area (Å²) in [4.78, 5) is 34.5. The van der Waals surface area contributed by atoms with E-state index >= 15 is 0 Å². The summed E-state index contributed by atoms with van der Waals surface area (Å²) in [5.41, 5.74) is 6.62. The first kappa shape index (κ1) is 16.2. The van der Waals surface area contributed by atoms with E-state index in [9.17, 15) is 14.4 Å². The van der Waals surface area contributed by atoms with Crippen LogP contribution in [0.1, 0.15) is 26.3 Å². The molecule has 2 rings (SSSR count). The molecule has 6 nitrogen and oxygen atoms in total. The monoisotopic (exact) mass is 312 g/mol. The van der Waals surface area contributed by atoms with Crippen molar-refractivity contribution in [3.05, 3.63) is 71.3 Å². The number of hydrogen-bond donors (Lipinski definition) is 3. The van der Waals surface area contributed by atoms with Gasteiger partial charge in [-0.3, -0.25) is 9.59 Å². The van der Waals surface area contributed by atoms with Gasteiger partial charge in [0, 0.05) is 12.0 Å². The Balaban J connectivity index is 2.08. The van der Waals surface area contributed by atoms with Crippen molar-refractivity contribution in [1.82, 2.24) is 5.32 Å². The maximum atomic E-state index is 12.1. The van der Waals surface area contributed by atoms with E-state index in [1.165, 1.54) is 12.1 Å². The average molecular weight is 312 g/mol. The van der Waals surface area contributed by atoms with Crippen molar-refractivity contribution in [3.8, 4) is 0 Å². The van der Waals surface area contributed by atoms with Crippen LogP contribution in [0, 0.1) is 0 Å². The van der Waals surface area contributed by atoms with Crippen molar-refractivity contribution in [3.63, 3.8) is 0 Å². The Morgan fingerprint density at radius 2 is 1.57 bits per heavy atom. The Labute approximate surface area is 132 Å². The summed E-state index contributed by atoms with van der Waals surface area (Å²) < 4.78 is 0. The van der Waals surface area contributed by atoms with Crippen LogP contribution in [0.2, 0.25) is 0 Å². The maximum absolute atomic E-state index is 12.1. The number of nitrogens with two attached hydrogens (primary N) is 1. The fraction of sp³-hybridized carbons (Fsp3) is 0.118. The number of aromatic carboxylic acids is 1. The van der Waals surface area contributed by atoms with Crippen molar-refractivity contribution in [1.29, 1.82) is 0 Å². The SMILES string of the molecule is NC(=O)[C@@H](Cc1ccc(C(=O)O)cc1)NC(=O)c1ccccc1. The molecule has 0 unspecified atom stereocenters. The number of primary amides is 1. The Hall–Kier alpha value is -3.15. The molecule has 0 saturated carbocycles. The Kier molecular flexibility index (Phi) is 5.09. The number of rotatable bonds is 6. The molecule has 118 valence electrons. The standard InChI is InChI=1S/C17H16N2O4/c18-15(20)14(19-16(21)12-4-2-1-3-5-12)10-11-6-8-13(9-7-11)17(22)23/h1-9,14H,10H2,(H2,18,20)(H,19,21)(H,22,23)/t14-/m1/s1. The molecule has 23 heavy (non-hydrogen) atoms. The lowest BCUT2D eigenvalue weighted by atomic mass is 10.0. The molecule has 0 fully saturated rings. The van der Waals surface area contributed by atoms with Crippen LogP contribution in [-0.4, -0.2) is 28.9 Å². The predicted octanol–water partition coefficient (Wildman–Crippen LogP) is 1.21. The molecular formula is C17H16N2O4. The molecule has 0 heterocycles. The third-order valence-electron chi connectivity index (χ3n) is 3.33. The fourth-order valence-corrected chi connectivity index (χ4v) is 2.07. The number of carbonyl (C=O) groups excluding carboxylic acids is 2. The third-order valence-corrected chi connectivity index (χ3v) is 3.33. The van der Waals surface area contributed by atoms with Gasteiger partial charge in [0.05, 0.1) is 5.56 Å². The highest BCUT2D eigenvalue weighted by molar-refractivity contribution is 5.97. The number of benzene rings is 2. The van der Waals surface area contributed by atoms with Crippen LogP contribution >= 0.6 is 0 Å². The van der Waals surface area contributed by atoms with E-state index in [4.69, 9.17) is 10.8 Å². The third kappa shape index (κ3) is 4.41. The van der Waals surface area contributed by atoms with E-state index in [2.05, 4.69) is 5.32 Å². The van der Waals surface area contributed by atoms with Crippen LogP contribution in [0.5, 0.6) is 0 Å². The second kappa shape index (κ2) is 7.22. The molecule has 4 N–H and O–H groups in total. The number of carbonyl (C=O) groups is 3. The Bertz CT molecular complexity index is 711. The molecule has 0 saturated heterocycles. The van der Waals surface area contributed by atoms with Crippen LogP contribution in [0.3, 0.4) is 0 Å². The average Bonchev–Trinajstić information content (AvgIpc) is 2.55. The van der Waals surface area contributed by atoms with Gasteiger partial charge < -0.3 is 16.2 Å². The highest BCUT2D eigenvalue weighted by Gasteiger charge is 2.19. The maximum Gasteiger partial charge on any atom is 0.335 e. The second-order valence-electron chi connectivity index (χ2n) is 5.00. The molecule has 6 heteroatoms. The number of nitrogens with one attached hydrogen (secondary N) is 1. The van der Waals surface area contributed by atoms with Gasteiger partial charge in [-0.05, 0) is 29.8 Å². The van der Waals surface area contributed by atoms with Crippen molar-refractivity contribution in [2.45, 2.75) is 12.5 Å². The summed E-state index contributed by atoms with van der Waals surface area (Å²) in [6, 6.07) is 13.7. The van der Waals surface area contributed by atoms with Gasteiger partial charge in [0.15, 0.2) is 0 Å². The first-order chi connectivity index (χ1) is 11.0. The largest absolute Gasteiger partial charge is 0.478 e. The molecule has 0 aliphatic rings. The van der Waals surface area contributed by atoms with Gasteiger partial charge in [0.2, 0.25) is 5.91 Å². The first-order valence-corrected chi connectivity index (χ1v) is 6.95. The zero-order valence-electron chi connectivity index (χ0n) is 12.2. The van der Waals surface area contributed by atoms with Crippen LogP contribution in [0.15, 0.2) is 54.6 Å². The number of carboxylic acids is 1. The molecular weight excluding hydrogens is 296 g/mol. The van der Waals surface area contributed by atoms with Gasteiger partial charge in [-0.1, -0.05) is 30.3 Å². The number of amides is 2. The van der Waals surface area contributed by atoms with E-state index in [1.807, 2.05) is 0 Å². The lowest BCUT2D eigenvalue weighted by Crippen LogP contribution is -2.45. The summed E-state index contributed by atoms with van der Waals surface area (Å²) in [6.07, 6.45) is 0.188. The van der Waals surface area contributed by atoms with Crippen LogP contribution in [0.4, 0.5) is 0 Å². The minimum atomic E-state index is -1.03. The number of hydrogen-bond acceptors (Lipinski definition) is 3. The molecule has 0 spiro atoms. The van der Waals surface area contributed by atoms with E-state index in [-0.39, 0.29) is 12.0 Å². The summed E-state index contributed by atoms with van der Waals surface area (Å²) in [7, 11) is 0. The molecule has 0 aliphatic carbocycles. The van der Waals surface area contributed by atoms with E-state index < -0.39 is 23.8 Å². The lowest BCUT2D eigenvalue weighted by molar-refractivity contribution is -0.119. The Morgan fingerprint density at radius 3 is 2.09 bits per heavy atom. The van der Waals surface area contributed by atoms with Crippen molar-refractivity contribution < 1.29 is 19.5 Å². The smallest absolute Gasteiger partial charge is 0.335 e. The van der Waals surface area contributed by atoms with Gasteiger partial charge in [-0.25, -0.2) is 4.79 Å². The highest BCUT2D eigenvalue weighted by Crippen LogP contribution is 2.08. The van der Waals surface area contributed by atoms with Crippen molar-refractivity contribution >= 4 is 17.8 Å². The molecule has 2 aromatic rings. The fourth-order valence-electron chi connectivity index (χ4n) is 2.07. The van der Waals surface area contributed by atoms with E-state index in [1.54, 1.807) is 42.5 Å². The van der Waals surface area contributed by atoms with Gasteiger partial charge in [-0.2, -0.15) is 0 Å². The normalized spacial score (nSPS) is 11.5. The van der Waals surface area contributed by atoms with Crippen LogP contribution in [0.25, 0.3) is 0 Å². The van der Waals surface area contributed by atoms with Crippen LogP contribution in [-0.2, 0) is 11.2 Å². The topological polar surface area (TPSA) is 109 Å². The number of carboxylic acid groups (broad SMARTS) is 1. The summed E-state index contributed by atoms with van der Waals surface area (Å²) in [5.74, 6) is -2.08. The molecule has 0 aromatic heterocycles. The van der Waals surface area contributed by atoms with Gasteiger partial charge in [-0.15, -0.1) is 0 Å². The lowest BCUT2D eigenvalue weighted by Gasteiger charge is -2.15. The second-order valence-corrected chi connectivity index (χ2v) is 5.00. The molecule has 0 aliphatic heterocycles. The molecule has 2 amide bonds. The molecule has 0 bridgehead atoms. The Morgan fingerprint density at radius 1 is 0.957 bits per heavy atom. The van der Waals surface area contributed by atoms with Gasteiger partial charge >= 0.3 is 5.97 Å². The zero-order valence-corrected chi connectivity index (χ0v) is 12.2. The van der Waals surface area contributed by atoms with E-state index in [0.717, 1.165) is 0 Å². The molecule has 0 radical (unpaired) electrons. The summed E-state index contributed by atoms with van der Waals surface area (Å²) in [5, 5.41) is 11.4. The minimum Gasteiger partial charge on any atom is -0.478 e. The zero-order chi connectivity index (χ0) is 16.8. The molecule has 2 aromatic carbocycles. The summed E-state index contributed by atoms with van der Waals surface area (Å²) >= 11 is 0. The van der Waals surface area contributed by atoms with Gasteiger partial charge in [0.25, 0.3) is 5.91 Å². The molecule has 1 atom stereocenters. The quantitative estimate of drug-likeness (QED) is 0.744. The van der Waals surface area contributed by atoms with Crippen LogP contribution < -0.4 is 11.1 Å². The van der Waals surface area contributed by atoms with Crippen molar-refractivity contribution in [2.75, 3.05) is 0 Å². The van der Waals surface area contributed by atoms with Crippen molar-refractivity contribution in [2.24, 2.45) is 5.73 Å². The van der Waals surface area contributed by atoms with Gasteiger partial charge in [0.1, 0.15) is 6.04 Å². The highest BCUT2D eigenvalue weighted by atomic mass is 16.4. The summed E-state index contributed by atoms with van der Waals surface area (Å²) in [6.45, 7) is 0. The first-order valence-electron chi connectivity index (χ1n) is 6.95. The predicted molar refractivity (Wildman–Crippen MR) is 84.0 cm³/mol. The van der Waals surface area contributed by atoms with E-state index in [0.29, 0.717) is 11.1 Å².